The quantitative estimate of drug-likeness (QED) is 0.0169. The molecule has 0 heterocycles. The van der Waals surface area contributed by atoms with Crippen LogP contribution in [0.3, 0.4) is 0 Å². The van der Waals surface area contributed by atoms with Crippen LogP contribution in [0, 0.1) is 0 Å². The van der Waals surface area contributed by atoms with Gasteiger partial charge in [-0.2, -0.15) is 0 Å². The van der Waals surface area contributed by atoms with Crippen molar-refractivity contribution in [2.24, 2.45) is 0 Å². The van der Waals surface area contributed by atoms with E-state index < -0.39 is 97.5 Å². The Kier molecular flexibility index (Phi) is 69.9. The van der Waals surface area contributed by atoms with E-state index in [1.807, 2.05) is 12.2 Å². The van der Waals surface area contributed by atoms with Crippen LogP contribution in [-0.4, -0.2) is 96.7 Å². The predicted octanol–water partition coefficient (Wildman–Crippen LogP) is 22.6. The van der Waals surface area contributed by atoms with Crippen molar-refractivity contribution in [2.45, 2.75) is 341 Å². The van der Waals surface area contributed by atoms with Crippen LogP contribution in [0.25, 0.3) is 0 Å². The maximum absolute atomic E-state index is 13.1. The van der Waals surface area contributed by atoms with Gasteiger partial charge in [0.25, 0.3) is 0 Å². The highest BCUT2D eigenvalue weighted by molar-refractivity contribution is 7.47. The third-order valence-corrected chi connectivity index (χ3v) is 18.1. The highest BCUT2D eigenvalue weighted by Crippen LogP contribution is 2.45. The van der Waals surface area contributed by atoms with Gasteiger partial charge < -0.3 is 33.8 Å². The molecule has 0 radical (unpaired) electrons. The van der Waals surface area contributed by atoms with E-state index in [4.69, 9.17) is 37.0 Å². The van der Waals surface area contributed by atoms with E-state index in [9.17, 15) is 43.2 Å². The summed E-state index contributed by atoms with van der Waals surface area (Å²) in [7, 11) is -9.98. The van der Waals surface area contributed by atoms with Gasteiger partial charge in [-0.05, 0) is 154 Å². The number of phosphoric acid groups is 2. The van der Waals surface area contributed by atoms with E-state index in [2.05, 4.69) is 125 Å². The molecule has 19 heteroatoms. The molecule has 576 valence electrons. The molecule has 0 aliphatic carbocycles. The van der Waals surface area contributed by atoms with Crippen molar-refractivity contribution in [3.8, 4) is 0 Å². The van der Waals surface area contributed by atoms with Gasteiger partial charge in [-0.25, -0.2) is 9.13 Å². The molecule has 0 rings (SSSR count). The average molecular weight is 1450 g/mol. The zero-order valence-corrected chi connectivity index (χ0v) is 64.6. The molecule has 17 nitrogen and oxygen atoms in total. The average Bonchev–Trinajstić information content (AvgIpc) is 1.22. The van der Waals surface area contributed by atoms with Gasteiger partial charge >= 0.3 is 39.5 Å². The maximum atomic E-state index is 13.1. The zero-order chi connectivity index (χ0) is 73.2. The van der Waals surface area contributed by atoms with E-state index >= 15 is 0 Å². The molecule has 0 fully saturated rings. The van der Waals surface area contributed by atoms with Gasteiger partial charge in [0, 0.05) is 25.7 Å². The Hall–Kier alpha value is -4.28. The maximum Gasteiger partial charge on any atom is 0.472 e. The standard InChI is InChI=1S/C81H140O17P2/c1-5-9-13-17-21-25-29-33-36-37-40-44-48-52-56-60-64-68-81(86)98-77(72-92-79(84)66-62-58-54-50-46-42-38-34-30-26-22-18-14-10-6-2)74-96-100(89,90)94-70-75(82)69-93-99(87,88)95-73-76(71-91-78(83)65-61-57-53-49-45-41-32-28-24-20-16-12-8-4)97-80(85)67-63-59-55-51-47-43-39-35-31-27-23-19-15-11-7-3/h21-23,25-28,32-36,38-40,44,52,56,75-77,82H,5-20,24,29-31,37,41-43,45-51,53-55,57-74H2,1-4H3,(H,87,88)(H,89,90)/b25-21-,26-22-,27-23-,32-28-,36-33-,38-34-,39-35-,44-40-,56-52-/t75-,76-,77-/m1/s1. The van der Waals surface area contributed by atoms with Gasteiger partial charge in [0.1, 0.15) is 19.3 Å². The Bertz CT molecular complexity index is 2320. The Morgan fingerprint density at radius 2 is 0.500 bits per heavy atom. The number of carbonyl (C=O) groups is 4. The minimum Gasteiger partial charge on any atom is -0.462 e. The first-order chi connectivity index (χ1) is 48.7. The summed E-state index contributed by atoms with van der Waals surface area (Å²) in [5.41, 5.74) is 0. The Balaban J connectivity index is 5.43. The smallest absolute Gasteiger partial charge is 0.462 e. The summed E-state index contributed by atoms with van der Waals surface area (Å²) >= 11 is 0. The first kappa shape index (κ1) is 95.7. The molecule has 100 heavy (non-hydrogen) atoms. The molecular formula is C81H140O17P2. The van der Waals surface area contributed by atoms with Gasteiger partial charge in [-0.15, -0.1) is 0 Å². The van der Waals surface area contributed by atoms with Crippen LogP contribution in [0.15, 0.2) is 109 Å². The van der Waals surface area contributed by atoms with Crippen LogP contribution in [-0.2, 0) is 65.4 Å². The van der Waals surface area contributed by atoms with E-state index in [0.29, 0.717) is 32.1 Å². The molecule has 0 amide bonds. The van der Waals surface area contributed by atoms with Gasteiger partial charge in [0.15, 0.2) is 12.2 Å². The fourth-order valence-corrected chi connectivity index (χ4v) is 11.7. The first-order valence-corrected chi connectivity index (χ1v) is 42.1. The SMILES string of the molecule is CCCCC/C=C\C/C=C\C/C=C\C/C=C\CCCC(=O)O[C@H](COC(=O)CCCCCCC/C=C\C/C=C\CCCCC)COP(=O)(O)OC[C@H](O)COP(=O)(O)OC[C@@H](COC(=O)CCCCCCC/C=C\CCCCCC)OC(=O)CCCCCCC/C=C\C/C=C\CCCCC. The number of rotatable bonds is 73. The summed E-state index contributed by atoms with van der Waals surface area (Å²) in [5, 5.41) is 10.6. The van der Waals surface area contributed by atoms with Crippen molar-refractivity contribution in [2.75, 3.05) is 39.6 Å². The third kappa shape index (κ3) is 72.1. The molecule has 0 aromatic carbocycles. The second kappa shape index (κ2) is 73.0. The third-order valence-electron chi connectivity index (χ3n) is 16.2. The van der Waals surface area contributed by atoms with Gasteiger partial charge in [-0.3, -0.25) is 37.3 Å². The number of phosphoric ester groups is 2. The minimum atomic E-state index is -4.99. The molecule has 0 aliphatic heterocycles. The summed E-state index contributed by atoms with van der Waals surface area (Å²) in [6.07, 6.45) is 77.9. The molecule has 0 aromatic rings. The molecule has 0 aliphatic rings. The summed E-state index contributed by atoms with van der Waals surface area (Å²) < 4.78 is 68.4. The molecular weight excluding hydrogens is 1310 g/mol. The largest absolute Gasteiger partial charge is 0.472 e. The lowest BCUT2D eigenvalue weighted by Gasteiger charge is -2.21. The van der Waals surface area contributed by atoms with Crippen molar-refractivity contribution in [3.63, 3.8) is 0 Å². The second-order valence-electron chi connectivity index (χ2n) is 25.9. The van der Waals surface area contributed by atoms with Crippen LogP contribution >= 0.6 is 15.6 Å². The van der Waals surface area contributed by atoms with Crippen molar-refractivity contribution < 1.29 is 80.2 Å². The molecule has 3 N–H and O–H groups in total. The van der Waals surface area contributed by atoms with E-state index in [0.717, 1.165) is 154 Å². The number of aliphatic hydroxyl groups excluding tert-OH is 1. The normalized spacial score (nSPS) is 14.5. The van der Waals surface area contributed by atoms with Crippen molar-refractivity contribution in [1.82, 2.24) is 0 Å². The number of hydrogen-bond donors (Lipinski definition) is 3. The molecule has 0 bridgehead atoms. The van der Waals surface area contributed by atoms with Gasteiger partial charge in [0.05, 0.1) is 26.4 Å². The number of ether oxygens (including phenoxy) is 4. The van der Waals surface area contributed by atoms with Gasteiger partial charge in [0.2, 0.25) is 0 Å². The van der Waals surface area contributed by atoms with Gasteiger partial charge in [-0.1, -0.05) is 253 Å². The second-order valence-corrected chi connectivity index (χ2v) is 28.8. The monoisotopic (exact) mass is 1450 g/mol. The van der Waals surface area contributed by atoms with Crippen LogP contribution in [0.4, 0.5) is 0 Å². The number of aliphatic hydroxyl groups is 1. The summed E-state index contributed by atoms with van der Waals surface area (Å²) in [5.74, 6) is -2.27. The molecule has 0 spiro atoms. The topological polar surface area (TPSA) is 237 Å². The van der Waals surface area contributed by atoms with Crippen LogP contribution < -0.4 is 0 Å². The summed E-state index contributed by atoms with van der Waals surface area (Å²) in [6.45, 7) is 4.69. The predicted molar refractivity (Wildman–Crippen MR) is 408 cm³/mol. The van der Waals surface area contributed by atoms with Crippen LogP contribution in [0.2, 0.25) is 0 Å². The lowest BCUT2D eigenvalue weighted by atomic mass is 10.1. The van der Waals surface area contributed by atoms with Crippen molar-refractivity contribution in [3.05, 3.63) is 109 Å². The van der Waals surface area contributed by atoms with E-state index in [1.54, 1.807) is 0 Å². The molecule has 0 saturated carbocycles. The molecule has 0 aromatic heterocycles. The summed E-state index contributed by atoms with van der Waals surface area (Å²) in [6, 6.07) is 0. The number of unbranched alkanes of at least 4 members (excludes halogenated alkanes) is 29. The Morgan fingerprint density at radius 1 is 0.280 bits per heavy atom. The number of allylic oxidation sites excluding steroid dienone is 18. The fraction of sp³-hybridized carbons (Fsp3) is 0.728. The highest BCUT2D eigenvalue weighted by atomic mass is 31.2. The highest BCUT2D eigenvalue weighted by Gasteiger charge is 2.30. The summed E-state index contributed by atoms with van der Waals surface area (Å²) in [4.78, 5) is 72.9. The fourth-order valence-electron chi connectivity index (χ4n) is 10.1. The Morgan fingerprint density at radius 3 is 0.820 bits per heavy atom. The van der Waals surface area contributed by atoms with Crippen molar-refractivity contribution >= 4 is 39.5 Å². The Labute approximate surface area is 607 Å². The van der Waals surface area contributed by atoms with E-state index in [-0.39, 0.29) is 25.7 Å². The number of hydrogen-bond acceptors (Lipinski definition) is 15. The molecule has 0 saturated heterocycles. The number of carbonyl (C=O) groups excluding carboxylic acids is 4. The van der Waals surface area contributed by atoms with Crippen molar-refractivity contribution in [1.29, 1.82) is 0 Å². The van der Waals surface area contributed by atoms with Crippen LogP contribution in [0.5, 0.6) is 0 Å². The lowest BCUT2D eigenvalue weighted by Crippen LogP contribution is -2.30. The zero-order valence-electron chi connectivity index (χ0n) is 62.8. The molecule has 5 atom stereocenters. The first-order valence-electron chi connectivity index (χ1n) is 39.1. The van der Waals surface area contributed by atoms with E-state index in [1.165, 1.54) is 83.5 Å². The number of esters is 4. The minimum absolute atomic E-state index is 0.0147. The van der Waals surface area contributed by atoms with Crippen LogP contribution in [0.1, 0.15) is 323 Å². The molecule has 2 unspecified atom stereocenters. The lowest BCUT2D eigenvalue weighted by molar-refractivity contribution is -0.161.